The molecule has 0 bridgehead atoms. The lowest BCUT2D eigenvalue weighted by Crippen LogP contribution is -2.27. The minimum absolute atomic E-state index is 0.163. The van der Waals surface area contributed by atoms with Gasteiger partial charge in [-0.25, -0.2) is 0 Å². The zero-order chi connectivity index (χ0) is 11.0. The van der Waals surface area contributed by atoms with Gasteiger partial charge in [-0.3, -0.25) is 4.90 Å². The van der Waals surface area contributed by atoms with Gasteiger partial charge in [0.2, 0.25) is 0 Å². The van der Waals surface area contributed by atoms with Crippen molar-refractivity contribution >= 4 is 0 Å². The smallest absolute Gasteiger partial charge is 0.0681 e. The monoisotopic (exact) mass is 217 g/mol. The first-order valence-electron chi connectivity index (χ1n) is 6.32. The molecular formula is C14H19NO. The third-order valence-corrected chi connectivity index (χ3v) is 4.04. The maximum absolute atomic E-state index is 9.13. The summed E-state index contributed by atoms with van der Waals surface area (Å²) in [5.41, 5.74) is 3.94. The van der Waals surface area contributed by atoms with Crippen molar-refractivity contribution in [2.45, 2.75) is 51.4 Å². The summed E-state index contributed by atoms with van der Waals surface area (Å²) in [6, 6.07) is 7.22. The van der Waals surface area contributed by atoms with Gasteiger partial charge in [0.1, 0.15) is 0 Å². The Hall–Kier alpha value is -0.860. The highest BCUT2D eigenvalue weighted by molar-refractivity contribution is 5.34. The second-order valence-electron chi connectivity index (χ2n) is 5.10. The zero-order valence-electron chi connectivity index (χ0n) is 9.65. The molecule has 0 spiro atoms. The van der Waals surface area contributed by atoms with Crippen molar-refractivity contribution in [1.82, 2.24) is 4.90 Å². The number of hydrogen-bond donors (Lipinski definition) is 1. The van der Waals surface area contributed by atoms with Gasteiger partial charge in [-0.05, 0) is 29.5 Å². The van der Waals surface area contributed by atoms with Crippen LogP contribution in [0.4, 0.5) is 0 Å². The van der Waals surface area contributed by atoms with Crippen LogP contribution in [0.3, 0.4) is 0 Å². The first kappa shape index (κ1) is 10.3. The van der Waals surface area contributed by atoms with Gasteiger partial charge in [-0.15, -0.1) is 0 Å². The Kier molecular flexibility index (Phi) is 2.70. The molecule has 0 radical (unpaired) electrons. The molecule has 16 heavy (non-hydrogen) atoms. The molecule has 1 N–H and O–H groups in total. The molecule has 2 nitrogen and oxygen atoms in total. The predicted octanol–water partition coefficient (Wildman–Crippen LogP) is 2.44. The van der Waals surface area contributed by atoms with E-state index in [1.54, 1.807) is 0 Å². The van der Waals surface area contributed by atoms with Gasteiger partial charge in [0, 0.05) is 19.1 Å². The second kappa shape index (κ2) is 4.19. The van der Waals surface area contributed by atoms with Gasteiger partial charge >= 0.3 is 0 Å². The lowest BCUT2D eigenvalue weighted by atomic mass is 10.1. The highest BCUT2D eigenvalue weighted by Crippen LogP contribution is 2.31. The number of hydrogen-bond acceptors (Lipinski definition) is 2. The van der Waals surface area contributed by atoms with E-state index in [1.165, 1.54) is 36.8 Å². The molecule has 0 unspecified atom stereocenters. The van der Waals surface area contributed by atoms with Gasteiger partial charge < -0.3 is 5.11 Å². The van der Waals surface area contributed by atoms with Gasteiger partial charge in [-0.1, -0.05) is 31.0 Å². The largest absolute Gasteiger partial charge is 0.392 e. The first-order chi connectivity index (χ1) is 7.86. The highest BCUT2D eigenvalue weighted by Gasteiger charge is 2.27. The van der Waals surface area contributed by atoms with Crippen molar-refractivity contribution < 1.29 is 5.11 Å². The summed E-state index contributed by atoms with van der Waals surface area (Å²) in [7, 11) is 0. The average molecular weight is 217 g/mol. The fourth-order valence-corrected chi connectivity index (χ4v) is 3.10. The molecule has 2 heteroatoms. The van der Waals surface area contributed by atoms with Crippen LogP contribution < -0.4 is 0 Å². The standard InChI is InChI=1S/C14H19NO/c16-10-11-5-6-12-8-15(9-13(12)7-11)14-3-1-2-4-14/h5-7,14,16H,1-4,8-10H2. The van der Waals surface area contributed by atoms with Crippen LogP contribution in [0.2, 0.25) is 0 Å². The number of aliphatic hydroxyl groups excluding tert-OH is 1. The Morgan fingerprint density at radius 2 is 1.88 bits per heavy atom. The van der Waals surface area contributed by atoms with Gasteiger partial charge in [0.15, 0.2) is 0 Å². The SMILES string of the molecule is OCc1ccc2c(c1)CN(C1CCCC1)C2. The fraction of sp³-hybridized carbons (Fsp3) is 0.571. The van der Waals surface area contributed by atoms with Crippen LogP contribution in [0.5, 0.6) is 0 Å². The van der Waals surface area contributed by atoms with E-state index in [0.29, 0.717) is 0 Å². The van der Waals surface area contributed by atoms with Gasteiger partial charge in [0.25, 0.3) is 0 Å². The molecule has 1 aliphatic carbocycles. The Bertz CT molecular complexity index is 382. The number of fused-ring (bicyclic) bond motifs is 1. The molecular weight excluding hydrogens is 198 g/mol. The van der Waals surface area contributed by atoms with E-state index in [9.17, 15) is 0 Å². The van der Waals surface area contributed by atoms with Gasteiger partial charge in [-0.2, -0.15) is 0 Å². The summed E-state index contributed by atoms with van der Waals surface area (Å²) >= 11 is 0. The van der Waals surface area contributed by atoms with Crippen LogP contribution in [0.25, 0.3) is 0 Å². The fourth-order valence-electron chi connectivity index (χ4n) is 3.10. The maximum atomic E-state index is 9.13. The molecule has 0 saturated heterocycles. The van der Waals surface area contributed by atoms with Crippen LogP contribution >= 0.6 is 0 Å². The van der Waals surface area contributed by atoms with Crippen LogP contribution in [0.1, 0.15) is 42.4 Å². The summed E-state index contributed by atoms with van der Waals surface area (Å²) in [6.45, 7) is 2.37. The van der Waals surface area contributed by atoms with E-state index in [1.807, 2.05) is 0 Å². The van der Waals surface area contributed by atoms with Crippen molar-refractivity contribution in [2.24, 2.45) is 0 Å². The maximum Gasteiger partial charge on any atom is 0.0681 e. The van der Waals surface area contributed by atoms with Crippen LogP contribution in [0, 0.1) is 0 Å². The molecule has 2 aliphatic rings. The zero-order valence-corrected chi connectivity index (χ0v) is 9.65. The predicted molar refractivity (Wildman–Crippen MR) is 63.9 cm³/mol. The summed E-state index contributed by atoms with van der Waals surface area (Å²) < 4.78 is 0. The first-order valence-corrected chi connectivity index (χ1v) is 6.32. The van der Waals surface area contributed by atoms with Gasteiger partial charge in [0.05, 0.1) is 6.61 Å². The number of nitrogens with zero attached hydrogens (tertiary/aromatic N) is 1. The molecule has 1 heterocycles. The minimum Gasteiger partial charge on any atom is -0.392 e. The molecule has 1 fully saturated rings. The van der Waals surface area contributed by atoms with Crippen LogP contribution in [-0.2, 0) is 19.7 Å². The van der Waals surface area contributed by atoms with E-state index < -0.39 is 0 Å². The topological polar surface area (TPSA) is 23.5 Å². The molecule has 0 amide bonds. The Labute approximate surface area is 96.9 Å². The van der Waals surface area contributed by atoms with E-state index in [4.69, 9.17) is 5.11 Å². The quantitative estimate of drug-likeness (QED) is 0.822. The van der Waals surface area contributed by atoms with Crippen LogP contribution in [0.15, 0.2) is 18.2 Å². The van der Waals surface area contributed by atoms with Crippen molar-refractivity contribution in [1.29, 1.82) is 0 Å². The molecule has 1 aromatic rings. The van der Waals surface area contributed by atoms with Crippen LogP contribution in [-0.4, -0.2) is 16.0 Å². The molecule has 1 aliphatic heterocycles. The van der Waals surface area contributed by atoms with Crippen molar-refractivity contribution in [3.8, 4) is 0 Å². The summed E-state index contributed by atoms with van der Waals surface area (Å²) in [6.07, 6.45) is 5.56. The molecule has 1 saturated carbocycles. The lowest BCUT2D eigenvalue weighted by Gasteiger charge is -2.22. The Balaban J connectivity index is 1.77. The molecule has 0 aromatic heterocycles. The molecule has 86 valence electrons. The summed E-state index contributed by atoms with van der Waals surface area (Å²) in [4.78, 5) is 2.61. The lowest BCUT2D eigenvalue weighted by molar-refractivity contribution is 0.202. The third-order valence-electron chi connectivity index (χ3n) is 4.04. The summed E-state index contributed by atoms with van der Waals surface area (Å²) in [5.74, 6) is 0. The Morgan fingerprint density at radius 3 is 2.62 bits per heavy atom. The summed E-state index contributed by atoms with van der Waals surface area (Å²) in [5, 5.41) is 9.13. The second-order valence-corrected chi connectivity index (χ2v) is 5.10. The van der Waals surface area contributed by atoms with E-state index in [0.717, 1.165) is 24.7 Å². The van der Waals surface area contributed by atoms with E-state index >= 15 is 0 Å². The third kappa shape index (κ3) is 1.76. The van der Waals surface area contributed by atoms with E-state index in [2.05, 4.69) is 23.1 Å². The highest BCUT2D eigenvalue weighted by atomic mass is 16.3. The average Bonchev–Trinajstić information content (AvgIpc) is 2.96. The normalized spacial score (nSPS) is 21.6. The number of rotatable bonds is 2. The van der Waals surface area contributed by atoms with Crippen molar-refractivity contribution in [3.63, 3.8) is 0 Å². The van der Waals surface area contributed by atoms with Crippen molar-refractivity contribution in [2.75, 3.05) is 0 Å². The molecule has 3 rings (SSSR count). The number of benzene rings is 1. The van der Waals surface area contributed by atoms with Crippen molar-refractivity contribution in [3.05, 3.63) is 34.9 Å². The molecule has 1 aromatic carbocycles. The molecule has 0 atom stereocenters. The van der Waals surface area contributed by atoms with E-state index in [-0.39, 0.29) is 6.61 Å². The Morgan fingerprint density at radius 1 is 1.12 bits per heavy atom. The number of aliphatic hydroxyl groups is 1. The minimum atomic E-state index is 0.163.